The molecule has 0 aromatic rings. The maximum absolute atomic E-state index is 2.49. The lowest BCUT2D eigenvalue weighted by atomic mass is 9.49. The maximum Gasteiger partial charge on any atom is 0.0961 e. The quantitative estimate of drug-likeness (QED) is 0.761. The van der Waals surface area contributed by atoms with Crippen LogP contribution in [0.3, 0.4) is 0 Å². The predicted molar refractivity (Wildman–Crippen MR) is 76.5 cm³/mol. The van der Waals surface area contributed by atoms with Crippen molar-refractivity contribution in [1.29, 1.82) is 0 Å². The second-order valence-corrected chi connectivity index (χ2v) is 7.02. The van der Waals surface area contributed by atoms with E-state index in [0.29, 0.717) is 5.41 Å². The van der Waals surface area contributed by atoms with Crippen LogP contribution < -0.4 is 4.90 Å². The van der Waals surface area contributed by atoms with Crippen molar-refractivity contribution in [2.75, 3.05) is 20.1 Å². The summed E-state index contributed by atoms with van der Waals surface area (Å²) in [6.07, 6.45) is 13.7. The molecule has 18 heavy (non-hydrogen) atoms. The molecule has 1 aliphatic heterocycles. The molecule has 1 nitrogen and oxygen atoms in total. The van der Waals surface area contributed by atoms with Crippen LogP contribution in [0.1, 0.15) is 33.1 Å². The first kappa shape index (κ1) is 12.2. The molecule has 1 unspecified atom stereocenters. The van der Waals surface area contributed by atoms with Gasteiger partial charge in [-0.1, -0.05) is 32.1 Å². The lowest BCUT2D eigenvalue weighted by Gasteiger charge is -2.56. The van der Waals surface area contributed by atoms with Crippen molar-refractivity contribution < 1.29 is 4.90 Å². The topological polar surface area (TPSA) is 4.44 Å². The van der Waals surface area contributed by atoms with Gasteiger partial charge in [-0.3, -0.25) is 0 Å². The van der Waals surface area contributed by atoms with Gasteiger partial charge in [-0.15, -0.1) is 0 Å². The number of likely N-dealkylation sites (N-methyl/N-ethyl adjacent to an activating group) is 1. The van der Waals surface area contributed by atoms with Gasteiger partial charge in [0.15, 0.2) is 0 Å². The minimum atomic E-state index is 0.555. The number of allylic oxidation sites excluding steroid dienone is 4. The number of quaternary nitrogens is 1. The van der Waals surface area contributed by atoms with Crippen molar-refractivity contribution in [3.05, 3.63) is 35.5 Å². The Labute approximate surface area is 111 Å². The molecule has 0 aromatic heterocycles. The summed E-state index contributed by atoms with van der Waals surface area (Å²) in [5.74, 6) is 1.77. The van der Waals surface area contributed by atoms with Crippen LogP contribution >= 0.6 is 0 Å². The standard InChI is InChI=1S/C17H25N/c1-17(2)15-7-6-14(16(17)12-15)5-4-13-8-10-18(3)11-9-13/h4-6,8,15-16H,7,9-12H2,1-3H3/p+1/b5-4+/t15-,16-/m0/s1. The molecule has 0 aromatic carbocycles. The highest BCUT2D eigenvalue weighted by atomic mass is 15.1. The van der Waals surface area contributed by atoms with Crippen molar-refractivity contribution in [3.8, 4) is 0 Å². The van der Waals surface area contributed by atoms with Gasteiger partial charge >= 0.3 is 0 Å². The van der Waals surface area contributed by atoms with Crippen LogP contribution in [0.15, 0.2) is 35.5 Å². The zero-order valence-corrected chi connectivity index (χ0v) is 12.0. The number of rotatable bonds is 2. The van der Waals surface area contributed by atoms with Crippen LogP contribution in [-0.4, -0.2) is 20.1 Å². The monoisotopic (exact) mass is 244 g/mol. The fourth-order valence-electron chi connectivity index (χ4n) is 3.81. The molecule has 0 amide bonds. The van der Waals surface area contributed by atoms with E-state index in [-0.39, 0.29) is 0 Å². The van der Waals surface area contributed by atoms with E-state index in [9.17, 15) is 0 Å². The average Bonchev–Trinajstić information content (AvgIpc) is 2.38. The van der Waals surface area contributed by atoms with Crippen molar-refractivity contribution in [2.24, 2.45) is 17.3 Å². The molecule has 0 radical (unpaired) electrons. The first-order chi connectivity index (χ1) is 8.57. The Hall–Kier alpha value is -0.820. The van der Waals surface area contributed by atoms with Gasteiger partial charge in [0.05, 0.1) is 20.1 Å². The summed E-state index contributed by atoms with van der Waals surface area (Å²) in [5, 5.41) is 0. The Balaban J connectivity index is 1.69. The van der Waals surface area contributed by atoms with Crippen LogP contribution in [0.2, 0.25) is 0 Å². The SMILES string of the molecule is C[NH+]1CC=C(/C=C/C2=CC[C@H]3C[C@@H]2C3(C)C)CC1. The number of hydrogen-bond acceptors (Lipinski definition) is 0. The molecule has 98 valence electrons. The van der Waals surface area contributed by atoms with E-state index < -0.39 is 0 Å². The first-order valence-electron chi connectivity index (χ1n) is 7.46. The summed E-state index contributed by atoms with van der Waals surface area (Å²) in [6.45, 7) is 7.37. The van der Waals surface area contributed by atoms with Crippen molar-refractivity contribution >= 4 is 0 Å². The molecule has 1 fully saturated rings. The third kappa shape index (κ3) is 1.99. The molecule has 4 rings (SSSR count). The van der Waals surface area contributed by atoms with Crippen molar-refractivity contribution in [1.82, 2.24) is 0 Å². The minimum absolute atomic E-state index is 0.555. The summed E-state index contributed by atoms with van der Waals surface area (Å²) in [6, 6.07) is 0. The molecule has 1 heteroatoms. The Kier molecular flexibility index (Phi) is 2.97. The van der Waals surface area contributed by atoms with Gasteiger partial charge in [0.1, 0.15) is 0 Å². The Bertz CT molecular complexity index is 425. The Morgan fingerprint density at radius 3 is 2.72 bits per heavy atom. The molecule has 4 aliphatic rings. The summed E-state index contributed by atoms with van der Waals surface area (Å²) in [7, 11) is 2.28. The number of fused-ring (bicyclic) bond motifs is 1. The molecule has 1 heterocycles. The molecule has 3 atom stereocenters. The maximum atomic E-state index is 2.49. The van der Waals surface area contributed by atoms with Crippen LogP contribution in [0.4, 0.5) is 0 Å². The molecule has 3 aliphatic carbocycles. The lowest BCUT2D eigenvalue weighted by Crippen LogP contribution is -3.09. The van der Waals surface area contributed by atoms with Gasteiger partial charge in [-0.25, -0.2) is 0 Å². The lowest BCUT2D eigenvalue weighted by molar-refractivity contribution is -0.874. The summed E-state index contributed by atoms with van der Waals surface area (Å²) in [5.41, 5.74) is 3.70. The van der Waals surface area contributed by atoms with Gasteiger partial charge in [0.25, 0.3) is 0 Å². The van der Waals surface area contributed by atoms with Gasteiger partial charge in [0, 0.05) is 6.42 Å². The molecular formula is C17H26N+. The average molecular weight is 244 g/mol. The largest absolute Gasteiger partial charge is 0.334 e. The molecule has 0 saturated heterocycles. The molecule has 2 bridgehead atoms. The van der Waals surface area contributed by atoms with Gasteiger partial charge in [-0.2, -0.15) is 0 Å². The van der Waals surface area contributed by atoms with E-state index in [0.717, 1.165) is 11.8 Å². The highest BCUT2D eigenvalue weighted by molar-refractivity contribution is 5.35. The Morgan fingerprint density at radius 2 is 2.11 bits per heavy atom. The van der Waals surface area contributed by atoms with Crippen LogP contribution in [-0.2, 0) is 0 Å². The summed E-state index contributed by atoms with van der Waals surface area (Å²) in [4.78, 5) is 1.63. The van der Waals surface area contributed by atoms with E-state index in [2.05, 4.69) is 45.2 Å². The molecular weight excluding hydrogens is 218 g/mol. The van der Waals surface area contributed by atoms with E-state index >= 15 is 0 Å². The smallest absolute Gasteiger partial charge is 0.0961 e. The molecule has 1 N–H and O–H groups in total. The second-order valence-electron chi connectivity index (χ2n) is 7.02. The van der Waals surface area contributed by atoms with Crippen molar-refractivity contribution in [3.63, 3.8) is 0 Å². The van der Waals surface area contributed by atoms with E-state index in [1.54, 1.807) is 16.0 Å². The zero-order chi connectivity index (χ0) is 12.8. The van der Waals surface area contributed by atoms with Gasteiger partial charge in [0.2, 0.25) is 0 Å². The normalized spacial score (nSPS) is 38.1. The number of nitrogens with one attached hydrogen (secondary N) is 1. The van der Waals surface area contributed by atoms with Crippen LogP contribution in [0, 0.1) is 17.3 Å². The third-order valence-corrected chi connectivity index (χ3v) is 5.55. The summed E-state index contributed by atoms with van der Waals surface area (Å²) < 4.78 is 0. The van der Waals surface area contributed by atoms with E-state index in [1.165, 1.54) is 32.4 Å². The van der Waals surface area contributed by atoms with E-state index in [4.69, 9.17) is 0 Å². The van der Waals surface area contributed by atoms with Crippen LogP contribution in [0.25, 0.3) is 0 Å². The van der Waals surface area contributed by atoms with Crippen LogP contribution in [0.5, 0.6) is 0 Å². The zero-order valence-electron chi connectivity index (χ0n) is 12.0. The molecule has 0 spiro atoms. The third-order valence-electron chi connectivity index (χ3n) is 5.55. The second kappa shape index (κ2) is 4.38. The fourth-order valence-corrected chi connectivity index (χ4v) is 3.81. The first-order valence-corrected chi connectivity index (χ1v) is 7.46. The summed E-state index contributed by atoms with van der Waals surface area (Å²) >= 11 is 0. The Morgan fingerprint density at radius 1 is 1.28 bits per heavy atom. The van der Waals surface area contributed by atoms with Gasteiger partial charge < -0.3 is 4.90 Å². The van der Waals surface area contributed by atoms with E-state index in [1.807, 2.05) is 0 Å². The predicted octanol–water partition coefficient (Wildman–Crippen LogP) is 2.38. The highest BCUT2D eigenvalue weighted by Gasteiger charge is 2.50. The van der Waals surface area contributed by atoms with Crippen molar-refractivity contribution in [2.45, 2.75) is 33.1 Å². The molecule has 1 saturated carbocycles. The minimum Gasteiger partial charge on any atom is -0.334 e. The highest BCUT2D eigenvalue weighted by Crippen LogP contribution is 2.59. The number of hydrogen-bond donors (Lipinski definition) is 1. The fraction of sp³-hybridized carbons (Fsp3) is 0.647. The van der Waals surface area contributed by atoms with Gasteiger partial charge in [-0.05, 0) is 47.3 Å².